The van der Waals surface area contributed by atoms with Gasteiger partial charge < -0.3 is 9.84 Å². The highest BCUT2D eigenvalue weighted by Crippen LogP contribution is 2.17. The van der Waals surface area contributed by atoms with Gasteiger partial charge in [-0.25, -0.2) is 0 Å². The van der Waals surface area contributed by atoms with E-state index >= 15 is 0 Å². The SMILES string of the molecule is CCCNC(CCC)Cc1nc(-c2cccc(C)c2)no1. The molecule has 0 saturated heterocycles. The zero-order valence-electron chi connectivity index (χ0n) is 13.2. The largest absolute Gasteiger partial charge is 0.339 e. The zero-order chi connectivity index (χ0) is 15.1. The Kier molecular flexibility index (Phi) is 5.93. The van der Waals surface area contributed by atoms with Crippen LogP contribution >= 0.6 is 0 Å². The zero-order valence-corrected chi connectivity index (χ0v) is 13.2. The van der Waals surface area contributed by atoms with Crippen LogP contribution in [0.25, 0.3) is 11.4 Å². The van der Waals surface area contributed by atoms with Crippen LogP contribution in [-0.4, -0.2) is 22.7 Å². The molecule has 0 bridgehead atoms. The van der Waals surface area contributed by atoms with Gasteiger partial charge in [-0.05, 0) is 32.4 Å². The minimum absolute atomic E-state index is 0.417. The summed E-state index contributed by atoms with van der Waals surface area (Å²) in [6.45, 7) is 7.48. The van der Waals surface area contributed by atoms with Gasteiger partial charge in [0.05, 0.1) is 0 Å². The van der Waals surface area contributed by atoms with Crippen LogP contribution in [0.5, 0.6) is 0 Å². The standard InChI is InChI=1S/C17H25N3O/c1-4-7-15(18-10-5-2)12-16-19-17(20-21-16)14-9-6-8-13(3)11-14/h6,8-9,11,15,18H,4-5,7,10,12H2,1-3H3. The Bertz CT molecular complexity index is 550. The molecule has 1 aromatic heterocycles. The van der Waals surface area contributed by atoms with Crippen LogP contribution in [-0.2, 0) is 6.42 Å². The molecule has 0 saturated carbocycles. The number of rotatable bonds is 8. The quantitative estimate of drug-likeness (QED) is 0.803. The monoisotopic (exact) mass is 287 g/mol. The highest BCUT2D eigenvalue weighted by atomic mass is 16.5. The summed E-state index contributed by atoms with van der Waals surface area (Å²) in [4.78, 5) is 4.53. The first-order chi connectivity index (χ1) is 10.2. The van der Waals surface area contributed by atoms with E-state index in [-0.39, 0.29) is 0 Å². The molecule has 21 heavy (non-hydrogen) atoms. The third kappa shape index (κ3) is 4.67. The van der Waals surface area contributed by atoms with Crippen molar-refractivity contribution in [2.45, 2.75) is 52.5 Å². The van der Waals surface area contributed by atoms with Gasteiger partial charge in [0, 0.05) is 18.0 Å². The number of nitrogens with one attached hydrogen (secondary N) is 1. The van der Waals surface area contributed by atoms with Gasteiger partial charge in [-0.2, -0.15) is 4.98 Å². The van der Waals surface area contributed by atoms with Crippen molar-refractivity contribution in [1.29, 1.82) is 0 Å². The van der Waals surface area contributed by atoms with Gasteiger partial charge in [-0.1, -0.05) is 49.2 Å². The van der Waals surface area contributed by atoms with Gasteiger partial charge in [0.25, 0.3) is 0 Å². The lowest BCUT2D eigenvalue weighted by Gasteiger charge is -2.15. The van der Waals surface area contributed by atoms with Crippen molar-refractivity contribution in [2.75, 3.05) is 6.54 Å². The van der Waals surface area contributed by atoms with Crippen LogP contribution in [0.1, 0.15) is 44.6 Å². The second kappa shape index (κ2) is 7.93. The molecule has 0 aliphatic rings. The number of aryl methyl sites for hydroxylation is 1. The lowest BCUT2D eigenvalue weighted by atomic mass is 10.1. The summed E-state index contributed by atoms with van der Waals surface area (Å²) in [7, 11) is 0. The van der Waals surface area contributed by atoms with Crippen molar-refractivity contribution in [3.63, 3.8) is 0 Å². The maximum Gasteiger partial charge on any atom is 0.228 e. The Balaban J connectivity index is 2.04. The van der Waals surface area contributed by atoms with Gasteiger partial charge in [0.15, 0.2) is 0 Å². The van der Waals surface area contributed by atoms with E-state index in [4.69, 9.17) is 4.52 Å². The van der Waals surface area contributed by atoms with Crippen molar-refractivity contribution in [3.8, 4) is 11.4 Å². The molecular formula is C17H25N3O. The molecule has 1 heterocycles. The Morgan fingerprint density at radius 1 is 1.24 bits per heavy atom. The van der Waals surface area contributed by atoms with Crippen molar-refractivity contribution >= 4 is 0 Å². The predicted octanol–water partition coefficient (Wildman–Crippen LogP) is 3.76. The van der Waals surface area contributed by atoms with Gasteiger partial charge in [0.1, 0.15) is 0 Å². The average Bonchev–Trinajstić information content (AvgIpc) is 2.93. The Labute approximate surface area is 127 Å². The van der Waals surface area contributed by atoms with E-state index in [0.717, 1.165) is 37.8 Å². The van der Waals surface area contributed by atoms with Gasteiger partial charge in [-0.15, -0.1) is 0 Å². The van der Waals surface area contributed by atoms with E-state index in [9.17, 15) is 0 Å². The van der Waals surface area contributed by atoms with Crippen molar-refractivity contribution in [3.05, 3.63) is 35.7 Å². The van der Waals surface area contributed by atoms with Crippen LogP contribution in [0.15, 0.2) is 28.8 Å². The summed E-state index contributed by atoms with van der Waals surface area (Å²) in [5.74, 6) is 1.40. The van der Waals surface area contributed by atoms with Gasteiger partial charge in [-0.3, -0.25) is 0 Å². The summed E-state index contributed by atoms with van der Waals surface area (Å²) >= 11 is 0. The highest BCUT2D eigenvalue weighted by Gasteiger charge is 2.14. The smallest absolute Gasteiger partial charge is 0.228 e. The number of nitrogens with zero attached hydrogens (tertiary/aromatic N) is 2. The molecule has 1 atom stereocenters. The van der Waals surface area contributed by atoms with Gasteiger partial charge in [0.2, 0.25) is 11.7 Å². The van der Waals surface area contributed by atoms with E-state index in [2.05, 4.69) is 48.4 Å². The molecule has 1 N–H and O–H groups in total. The second-order valence-electron chi connectivity index (χ2n) is 5.53. The van der Waals surface area contributed by atoms with E-state index in [1.54, 1.807) is 0 Å². The van der Waals surface area contributed by atoms with Crippen LogP contribution < -0.4 is 5.32 Å². The average molecular weight is 287 g/mol. The third-order valence-corrected chi connectivity index (χ3v) is 3.49. The minimum atomic E-state index is 0.417. The summed E-state index contributed by atoms with van der Waals surface area (Å²) in [6.07, 6.45) is 4.22. The fourth-order valence-corrected chi connectivity index (χ4v) is 2.42. The molecule has 0 fully saturated rings. The molecule has 1 aromatic carbocycles. The normalized spacial score (nSPS) is 12.5. The maximum absolute atomic E-state index is 5.41. The molecule has 0 spiro atoms. The highest BCUT2D eigenvalue weighted by molar-refractivity contribution is 5.55. The summed E-state index contributed by atoms with van der Waals surface area (Å²) in [5, 5.41) is 7.66. The van der Waals surface area contributed by atoms with E-state index in [1.165, 1.54) is 5.56 Å². The second-order valence-corrected chi connectivity index (χ2v) is 5.53. The minimum Gasteiger partial charge on any atom is -0.339 e. The molecule has 1 unspecified atom stereocenters. The Hall–Kier alpha value is -1.68. The van der Waals surface area contributed by atoms with Gasteiger partial charge >= 0.3 is 0 Å². The van der Waals surface area contributed by atoms with Crippen LogP contribution in [0.3, 0.4) is 0 Å². The number of benzene rings is 1. The third-order valence-electron chi connectivity index (χ3n) is 3.49. The topological polar surface area (TPSA) is 51.0 Å². The Morgan fingerprint density at radius 3 is 2.81 bits per heavy atom. The van der Waals surface area contributed by atoms with E-state index in [1.807, 2.05) is 12.1 Å². The molecule has 114 valence electrons. The first-order valence-electron chi connectivity index (χ1n) is 7.86. The molecule has 4 heteroatoms. The Morgan fingerprint density at radius 2 is 2.10 bits per heavy atom. The molecule has 0 aliphatic heterocycles. The van der Waals surface area contributed by atoms with Crippen molar-refractivity contribution in [1.82, 2.24) is 15.5 Å². The van der Waals surface area contributed by atoms with E-state index < -0.39 is 0 Å². The summed E-state index contributed by atoms with van der Waals surface area (Å²) in [6, 6.07) is 8.59. The molecule has 0 aliphatic carbocycles. The lowest BCUT2D eigenvalue weighted by Crippen LogP contribution is -2.31. The summed E-state index contributed by atoms with van der Waals surface area (Å²) < 4.78 is 5.41. The first-order valence-corrected chi connectivity index (χ1v) is 7.86. The molecule has 2 aromatic rings. The molecule has 4 nitrogen and oxygen atoms in total. The number of aromatic nitrogens is 2. The fraction of sp³-hybridized carbons (Fsp3) is 0.529. The predicted molar refractivity (Wildman–Crippen MR) is 85.2 cm³/mol. The summed E-state index contributed by atoms with van der Waals surface area (Å²) in [5.41, 5.74) is 2.21. The number of hydrogen-bond donors (Lipinski definition) is 1. The number of hydrogen-bond acceptors (Lipinski definition) is 4. The lowest BCUT2D eigenvalue weighted by molar-refractivity contribution is 0.350. The van der Waals surface area contributed by atoms with E-state index in [0.29, 0.717) is 17.8 Å². The molecule has 0 radical (unpaired) electrons. The van der Waals surface area contributed by atoms with Crippen LogP contribution in [0.4, 0.5) is 0 Å². The van der Waals surface area contributed by atoms with Crippen molar-refractivity contribution in [2.24, 2.45) is 0 Å². The van der Waals surface area contributed by atoms with Crippen LogP contribution in [0, 0.1) is 6.92 Å². The molecule has 2 rings (SSSR count). The van der Waals surface area contributed by atoms with Crippen molar-refractivity contribution < 1.29 is 4.52 Å². The molecule has 0 amide bonds. The molecular weight excluding hydrogens is 262 g/mol. The van der Waals surface area contributed by atoms with Crippen LogP contribution in [0.2, 0.25) is 0 Å². The fourth-order valence-electron chi connectivity index (χ4n) is 2.42. The maximum atomic E-state index is 5.41. The first kappa shape index (κ1) is 15.7.